The molecule has 0 saturated carbocycles. The number of hydrogen-bond acceptors (Lipinski definition) is 3. The average molecular weight is 402 g/mol. The van der Waals surface area contributed by atoms with Crippen molar-refractivity contribution in [2.75, 3.05) is 18.6 Å². The number of carbonyl (C=O) groups is 1. The molecule has 30 heavy (non-hydrogen) atoms. The maximum atomic E-state index is 13.3. The van der Waals surface area contributed by atoms with Gasteiger partial charge in [0, 0.05) is 30.2 Å². The van der Waals surface area contributed by atoms with E-state index in [0.717, 1.165) is 36.0 Å². The fraction of sp³-hybridized carbons (Fsp3) is 0.360. The first kappa shape index (κ1) is 20.2. The molecule has 5 nitrogen and oxygen atoms in total. The van der Waals surface area contributed by atoms with Gasteiger partial charge >= 0.3 is 0 Å². The molecular weight excluding hydrogens is 374 g/mol. The topological polar surface area (TPSA) is 58.3 Å². The number of anilines is 1. The molecule has 0 N–H and O–H groups in total. The smallest absolute Gasteiger partial charge is 0.274 e. The lowest BCUT2D eigenvalue weighted by molar-refractivity contribution is -0.0592. The number of amides is 1. The predicted molar refractivity (Wildman–Crippen MR) is 119 cm³/mol. The summed E-state index contributed by atoms with van der Waals surface area (Å²) in [4.78, 5) is 14.9. The Morgan fingerprint density at radius 2 is 2.00 bits per heavy atom. The molecule has 1 aliphatic heterocycles. The summed E-state index contributed by atoms with van der Waals surface area (Å²) >= 11 is 0. The first-order chi connectivity index (χ1) is 14.4. The van der Waals surface area contributed by atoms with E-state index in [9.17, 15) is 10.1 Å². The number of benzene rings is 2. The van der Waals surface area contributed by atoms with Gasteiger partial charge in [-0.3, -0.25) is 4.79 Å². The van der Waals surface area contributed by atoms with Crippen LogP contribution in [0.15, 0.2) is 54.6 Å². The third kappa shape index (κ3) is 3.83. The Morgan fingerprint density at radius 1 is 1.23 bits per heavy atom. The number of nitriles is 1. The van der Waals surface area contributed by atoms with Crippen LogP contribution < -0.4 is 4.90 Å². The summed E-state index contributed by atoms with van der Waals surface area (Å²) in [6.45, 7) is 5.17. The van der Waals surface area contributed by atoms with Gasteiger partial charge in [0.05, 0.1) is 11.7 Å². The Hall–Kier alpha value is -3.10. The molecule has 4 rings (SSSR count). The summed E-state index contributed by atoms with van der Waals surface area (Å²) in [5.74, 6) is 0.310. The minimum absolute atomic E-state index is 0.121. The normalized spacial score (nSPS) is 18.1. The van der Waals surface area contributed by atoms with Gasteiger partial charge in [-0.1, -0.05) is 24.3 Å². The van der Waals surface area contributed by atoms with E-state index in [1.165, 1.54) is 5.56 Å². The second-order valence-electron chi connectivity index (χ2n) is 8.59. The Bertz CT molecular complexity index is 1110. The number of fused-ring (bicyclic) bond motifs is 1. The number of carbonyl (C=O) groups excluding carboxylic acids is 1. The predicted octanol–water partition coefficient (Wildman–Crippen LogP) is 5.11. The largest absolute Gasteiger partial charge is 0.376 e. The molecule has 1 aliphatic rings. The van der Waals surface area contributed by atoms with E-state index < -0.39 is 0 Å². The molecule has 0 bridgehead atoms. The molecule has 1 saturated heterocycles. The Balaban J connectivity index is 1.72. The fourth-order valence-electron chi connectivity index (χ4n) is 4.42. The molecule has 0 spiro atoms. The van der Waals surface area contributed by atoms with Crippen LogP contribution in [-0.4, -0.2) is 29.7 Å². The van der Waals surface area contributed by atoms with E-state index >= 15 is 0 Å². The number of hydrogen-bond donors (Lipinski definition) is 0. The zero-order valence-electron chi connectivity index (χ0n) is 17.8. The highest BCUT2D eigenvalue weighted by Gasteiger charge is 2.30. The molecule has 154 valence electrons. The standard InChI is InChI=1S/C25H27N3O2/c1-25(2)17-19(11-14-30-25)18-9-10-22-20(15-18)16-23(28(22)13-12-26)24(29)27(3)21-7-5-4-6-8-21/h4-10,15-16,19H,11,13-14,17H2,1-3H3. The summed E-state index contributed by atoms with van der Waals surface area (Å²) in [7, 11) is 1.77. The van der Waals surface area contributed by atoms with Crippen LogP contribution in [0.25, 0.3) is 10.9 Å². The number of nitrogens with zero attached hydrogens (tertiary/aromatic N) is 3. The molecule has 0 aliphatic carbocycles. The van der Waals surface area contributed by atoms with Crippen molar-refractivity contribution in [1.29, 1.82) is 5.26 Å². The first-order valence-corrected chi connectivity index (χ1v) is 10.4. The van der Waals surface area contributed by atoms with Gasteiger partial charge in [0.1, 0.15) is 12.2 Å². The third-order valence-electron chi connectivity index (χ3n) is 5.99. The van der Waals surface area contributed by atoms with Gasteiger partial charge in [-0.2, -0.15) is 5.26 Å². The van der Waals surface area contributed by atoms with E-state index in [2.05, 4.69) is 32.0 Å². The van der Waals surface area contributed by atoms with Crippen LogP contribution in [0.4, 0.5) is 5.69 Å². The fourth-order valence-corrected chi connectivity index (χ4v) is 4.42. The quantitative estimate of drug-likeness (QED) is 0.610. The van der Waals surface area contributed by atoms with E-state index in [0.29, 0.717) is 11.6 Å². The van der Waals surface area contributed by atoms with Crippen molar-refractivity contribution in [1.82, 2.24) is 4.57 Å². The van der Waals surface area contributed by atoms with Crippen LogP contribution >= 0.6 is 0 Å². The van der Waals surface area contributed by atoms with Crippen LogP contribution in [0.5, 0.6) is 0 Å². The summed E-state index contributed by atoms with van der Waals surface area (Å²) in [5.41, 5.74) is 3.41. The highest BCUT2D eigenvalue weighted by atomic mass is 16.5. The van der Waals surface area contributed by atoms with Crippen molar-refractivity contribution < 1.29 is 9.53 Å². The molecule has 5 heteroatoms. The number of ether oxygens (including phenoxy) is 1. The Morgan fingerprint density at radius 3 is 2.70 bits per heavy atom. The lowest BCUT2D eigenvalue weighted by atomic mass is 9.83. The van der Waals surface area contributed by atoms with Crippen molar-refractivity contribution in [2.24, 2.45) is 0 Å². The lowest BCUT2D eigenvalue weighted by Crippen LogP contribution is -2.32. The van der Waals surface area contributed by atoms with Crippen LogP contribution in [0, 0.1) is 11.3 Å². The third-order valence-corrected chi connectivity index (χ3v) is 5.99. The summed E-state index contributed by atoms with van der Waals surface area (Å²) < 4.78 is 7.68. The molecule has 1 unspecified atom stereocenters. The van der Waals surface area contributed by atoms with Gasteiger partial charge in [-0.25, -0.2) is 0 Å². The molecule has 1 aromatic heterocycles. The van der Waals surface area contributed by atoms with Gasteiger partial charge < -0.3 is 14.2 Å². The van der Waals surface area contributed by atoms with Gasteiger partial charge in [-0.15, -0.1) is 0 Å². The minimum Gasteiger partial charge on any atom is -0.376 e. The van der Waals surface area contributed by atoms with Gasteiger partial charge in [-0.05, 0) is 68.5 Å². The molecule has 1 amide bonds. The Kier molecular flexibility index (Phi) is 5.36. The highest BCUT2D eigenvalue weighted by molar-refractivity contribution is 6.07. The SMILES string of the molecule is CN(C(=O)c1cc2cc(C3CCOC(C)(C)C3)ccc2n1CC#N)c1ccccc1. The molecule has 1 fully saturated rings. The van der Waals surface area contributed by atoms with Crippen molar-refractivity contribution in [2.45, 2.75) is 44.8 Å². The maximum absolute atomic E-state index is 13.3. The van der Waals surface area contributed by atoms with Crippen molar-refractivity contribution in [3.05, 3.63) is 65.9 Å². The van der Waals surface area contributed by atoms with E-state index in [1.807, 2.05) is 47.0 Å². The van der Waals surface area contributed by atoms with Crippen LogP contribution in [0.1, 0.15) is 48.7 Å². The first-order valence-electron chi connectivity index (χ1n) is 10.4. The molecular formula is C25H27N3O2. The van der Waals surface area contributed by atoms with Crippen molar-refractivity contribution >= 4 is 22.5 Å². The summed E-state index contributed by atoms with van der Waals surface area (Å²) in [6, 6.07) is 20.0. The van der Waals surface area contributed by atoms with Crippen LogP contribution in [0.3, 0.4) is 0 Å². The molecule has 3 aromatic rings. The summed E-state index contributed by atoms with van der Waals surface area (Å²) in [6.07, 6.45) is 1.97. The van der Waals surface area contributed by atoms with Crippen LogP contribution in [-0.2, 0) is 11.3 Å². The molecule has 1 atom stereocenters. The number of para-hydroxylation sites is 1. The van der Waals surface area contributed by atoms with E-state index in [1.54, 1.807) is 11.9 Å². The minimum atomic E-state index is -0.124. The molecule has 0 radical (unpaired) electrons. The average Bonchev–Trinajstić information content (AvgIpc) is 3.10. The second kappa shape index (κ2) is 7.97. The van der Waals surface area contributed by atoms with Gasteiger partial charge in [0.2, 0.25) is 0 Å². The van der Waals surface area contributed by atoms with Crippen LogP contribution in [0.2, 0.25) is 0 Å². The van der Waals surface area contributed by atoms with Crippen molar-refractivity contribution in [3.8, 4) is 6.07 Å². The van der Waals surface area contributed by atoms with Crippen molar-refractivity contribution in [3.63, 3.8) is 0 Å². The van der Waals surface area contributed by atoms with Gasteiger partial charge in [0.25, 0.3) is 5.91 Å². The molecule has 2 aromatic carbocycles. The Labute approximate surface area is 177 Å². The number of aromatic nitrogens is 1. The van der Waals surface area contributed by atoms with E-state index in [4.69, 9.17) is 4.74 Å². The van der Waals surface area contributed by atoms with E-state index in [-0.39, 0.29) is 18.1 Å². The van der Waals surface area contributed by atoms with Gasteiger partial charge in [0.15, 0.2) is 0 Å². The maximum Gasteiger partial charge on any atom is 0.274 e. The second-order valence-corrected chi connectivity index (χ2v) is 8.59. The zero-order valence-corrected chi connectivity index (χ0v) is 17.8. The zero-order chi connectivity index (χ0) is 21.3. The summed E-state index contributed by atoms with van der Waals surface area (Å²) in [5, 5.41) is 10.4. The monoisotopic (exact) mass is 401 g/mol. The highest BCUT2D eigenvalue weighted by Crippen LogP contribution is 2.37. The lowest BCUT2D eigenvalue weighted by Gasteiger charge is -2.35. The molecule has 2 heterocycles. The number of rotatable bonds is 4.